The van der Waals surface area contributed by atoms with E-state index in [9.17, 15) is 0 Å². The lowest BCUT2D eigenvalue weighted by molar-refractivity contribution is 0.305. The Hall–Kier alpha value is -0.670. The van der Waals surface area contributed by atoms with Gasteiger partial charge in [0.1, 0.15) is 5.75 Å². The van der Waals surface area contributed by atoms with Crippen LogP contribution in [0.2, 0.25) is 0 Å². The maximum absolute atomic E-state index is 5.38. The molecule has 3 unspecified atom stereocenters. The summed E-state index contributed by atoms with van der Waals surface area (Å²) in [5.41, 5.74) is 1.22. The van der Waals surface area contributed by atoms with Gasteiger partial charge in [-0.15, -0.1) is 24.0 Å². The van der Waals surface area contributed by atoms with Crippen molar-refractivity contribution in [1.82, 2.24) is 15.5 Å². The number of rotatable bonds is 8. The molecule has 0 amide bonds. The monoisotopic (exact) mass is 506 g/mol. The van der Waals surface area contributed by atoms with E-state index in [1.54, 1.807) is 7.11 Å². The molecule has 0 bridgehead atoms. The van der Waals surface area contributed by atoms with E-state index in [-0.39, 0.29) is 30.0 Å². The van der Waals surface area contributed by atoms with Gasteiger partial charge in [0.05, 0.1) is 19.7 Å². The van der Waals surface area contributed by atoms with Gasteiger partial charge < -0.3 is 20.3 Å². The van der Waals surface area contributed by atoms with E-state index in [2.05, 4.69) is 54.9 Å². The molecule has 154 valence electrons. The highest BCUT2D eigenvalue weighted by Gasteiger charge is 2.24. The van der Waals surface area contributed by atoms with E-state index in [1.807, 2.05) is 23.9 Å². The van der Waals surface area contributed by atoms with Crippen molar-refractivity contribution in [2.75, 3.05) is 40.6 Å². The predicted octanol–water partition coefficient (Wildman–Crippen LogP) is 3.76. The Morgan fingerprint density at radius 1 is 1.37 bits per heavy atom. The van der Waals surface area contributed by atoms with Gasteiger partial charge in [0, 0.05) is 17.8 Å². The van der Waals surface area contributed by atoms with E-state index in [0.29, 0.717) is 12.6 Å². The normalized spacial score (nSPS) is 20.9. The molecule has 1 aromatic rings. The second-order valence-corrected chi connectivity index (χ2v) is 8.13. The van der Waals surface area contributed by atoms with Crippen LogP contribution in [0.4, 0.5) is 0 Å². The first-order valence-electron chi connectivity index (χ1n) is 9.45. The van der Waals surface area contributed by atoms with Crippen molar-refractivity contribution in [3.8, 4) is 5.75 Å². The fourth-order valence-corrected chi connectivity index (χ4v) is 4.19. The fraction of sp³-hybridized carbons (Fsp3) is 0.650. The van der Waals surface area contributed by atoms with Gasteiger partial charge >= 0.3 is 0 Å². The zero-order chi connectivity index (χ0) is 18.9. The number of hydrogen-bond acceptors (Lipinski definition) is 4. The quantitative estimate of drug-likeness (QED) is 0.320. The van der Waals surface area contributed by atoms with Crippen molar-refractivity contribution in [3.63, 3.8) is 0 Å². The Labute approximate surface area is 186 Å². The summed E-state index contributed by atoms with van der Waals surface area (Å²) in [6, 6.07) is 9.00. The van der Waals surface area contributed by atoms with Gasteiger partial charge in [-0.2, -0.15) is 11.8 Å². The highest BCUT2D eigenvalue weighted by molar-refractivity contribution is 14.0. The number of thioether (sulfide) groups is 1. The molecule has 0 radical (unpaired) electrons. The van der Waals surface area contributed by atoms with Crippen LogP contribution < -0.4 is 15.4 Å². The third kappa shape index (κ3) is 7.69. The maximum atomic E-state index is 5.38. The molecule has 1 saturated carbocycles. The number of ether oxygens (including phenoxy) is 1. The highest BCUT2D eigenvalue weighted by Crippen LogP contribution is 2.28. The number of benzene rings is 1. The van der Waals surface area contributed by atoms with Crippen LogP contribution in [0.15, 0.2) is 29.3 Å². The van der Waals surface area contributed by atoms with Gasteiger partial charge in [-0.3, -0.25) is 4.99 Å². The molecule has 5 nitrogen and oxygen atoms in total. The summed E-state index contributed by atoms with van der Waals surface area (Å²) < 4.78 is 5.38. The Kier molecular flexibility index (Phi) is 11.5. The minimum atomic E-state index is 0. The third-order valence-electron chi connectivity index (χ3n) is 4.93. The van der Waals surface area contributed by atoms with Gasteiger partial charge in [0.2, 0.25) is 0 Å². The number of guanidine groups is 1. The van der Waals surface area contributed by atoms with Crippen molar-refractivity contribution in [3.05, 3.63) is 29.8 Å². The van der Waals surface area contributed by atoms with Crippen LogP contribution in [0.25, 0.3) is 0 Å². The molecular formula is C20H35IN4OS. The Morgan fingerprint density at radius 3 is 2.74 bits per heavy atom. The van der Waals surface area contributed by atoms with Crippen molar-refractivity contribution >= 4 is 41.7 Å². The molecule has 27 heavy (non-hydrogen) atoms. The van der Waals surface area contributed by atoms with Gasteiger partial charge in [0.25, 0.3) is 0 Å². The molecule has 1 aliphatic carbocycles. The first kappa shape index (κ1) is 24.4. The number of likely N-dealkylation sites (N-methyl/N-ethyl adjacent to an activating group) is 1. The lowest BCUT2D eigenvalue weighted by atomic mass is 10.1. The fourth-order valence-electron chi connectivity index (χ4n) is 3.39. The first-order valence-corrected chi connectivity index (χ1v) is 10.7. The molecule has 0 saturated heterocycles. The molecule has 0 spiro atoms. The summed E-state index contributed by atoms with van der Waals surface area (Å²) in [5.74, 6) is 1.81. The Morgan fingerprint density at radius 2 is 2.15 bits per heavy atom. The number of nitrogens with one attached hydrogen (secondary N) is 2. The zero-order valence-corrected chi connectivity index (χ0v) is 20.3. The summed E-state index contributed by atoms with van der Waals surface area (Å²) in [6.07, 6.45) is 5.95. The second-order valence-electron chi connectivity index (χ2n) is 6.99. The van der Waals surface area contributed by atoms with Crippen molar-refractivity contribution < 1.29 is 4.74 Å². The van der Waals surface area contributed by atoms with Crippen molar-refractivity contribution in [2.45, 2.75) is 43.5 Å². The molecule has 3 atom stereocenters. The van der Waals surface area contributed by atoms with Crippen LogP contribution in [0.1, 0.15) is 37.8 Å². The number of halogens is 1. The van der Waals surface area contributed by atoms with Gasteiger partial charge in [-0.25, -0.2) is 0 Å². The highest BCUT2D eigenvalue weighted by atomic mass is 127. The lowest BCUT2D eigenvalue weighted by Crippen LogP contribution is -2.43. The SMILES string of the molecule is CCNC(=NCC(c1cccc(OC)c1)N(C)C)NC1CCC(SC)C1.I. The van der Waals surface area contributed by atoms with Crippen LogP contribution in [-0.4, -0.2) is 62.7 Å². The minimum Gasteiger partial charge on any atom is -0.497 e. The van der Waals surface area contributed by atoms with E-state index in [0.717, 1.165) is 23.5 Å². The van der Waals surface area contributed by atoms with E-state index in [4.69, 9.17) is 9.73 Å². The van der Waals surface area contributed by atoms with Crippen molar-refractivity contribution in [2.24, 2.45) is 4.99 Å². The molecule has 0 heterocycles. The molecule has 1 aromatic carbocycles. The zero-order valence-electron chi connectivity index (χ0n) is 17.2. The van der Waals surface area contributed by atoms with Gasteiger partial charge in [-0.1, -0.05) is 12.1 Å². The standard InChI is InChI=1S/C20H34N4OS.HI/c1-6-21-20(23-16-10-11-18(13-16)26-5)22-14-19(24(2)3)15-8-7-9-17(12-15)25-4;/h7-9,12,16,18-19H,6,10-11,13-14H2,1-5H3,(H2,21,22,23);1H. The molecule has 7 heteroatoms. The van der Waals surface area contributed by atoms with Gasteiger partial charge in [0.15, 0.2) is 5.96 Å². The van der Waals surface area contributed by atoms with Crippen LogP contribution in [0.3, 0.4) is 0 Å². The average molecular weight is 506 g/mol. The maximum Gasteiger partial charge on any atom is 0.191 e. The average Bonchev–Trinajstić information content (AvgIpc) is 3.09. The van der Waals surface area contributed by atoms with E-state index >= 15 is 0 Å². The summed E-state index contributed by atoms with van der Waals surface area (Å²) in [5, 5.41) is 7.81. The predicted molar refractivity (Wildman–Crippen MR) is 129 cm³/mol. The number of aliphatic imine (C=N–C) groups is 1. The topological polar surface area (TPSA) is 48.9 Å². The van der Waals surface area contributed by atoms with E-state index < -0.39 is 0 Å². The first-order chi connectivity index (χ1) is 12.6. The number of nitrogens with zero attached hydrogens (tertiary/aromatic N) is 2. The van der Waals surface area contributed by atoms with Crippen LogP contribution in [-0.2, 0) is 0 Å². The second kappa shape index (κ2) is 12.7. The summed E-state index contributed by atoms with van der Waals surface area (Å²) in [7, 11) is 5.90. The van der Waals surface area contributed by atoms with Crippen molar-refractivity contribution in [1.29, 1.82) is 0 Å². The van der Waals surface area contributed by atoms with Crippen LogP contribution in [0, 0.1) is 0 Å². The molecule has 2 N–H and O–H groups in total. The van der Waals surface area contributed by atoms with Gasteiger partial charge in [-0.05, 0) is 64.2 Å². The van der Waals surface area contributed by atoms with Crippen LogP contribution >= 0.6 is 35.7 Å². The molecule has 2 rings (SSSR count). The number of methoxy groups -OCH3 is 1. The summed E-state index contributed by atoms with van der Waals surface area (Å²) in [6.45, 7) is 3.69. The molecular weight excluding hydrogens is 471 g/mol. The summed E-state index contributed by atoms with van der Waals surface area (Å²) >= 11 is 1.98. The molecule has 1 fully saturated rings. The molecule has 1 aliphatic rings. The summed E-state index contributed by atoms with van der Waals surface area (Å²) in [4.78, 5) is 7.10. The number of hydrogen-bond donors (Lipinski definition) is 2. The largest absolute Gasteiger partial charge is 0.497 e. The third-order valence-corrected chi connectivity index (χ3v) is 6.02. The Balaban J connectivity index is 0.00000364. The Bertz CT molecular complexity index is 585. The molecule has 0 aliphatic heterocycles. The molecule has 0 aromatic heterocycles. The smallest absolute Gasteiger partial charge is 0.191 e. The lowest BCUT2D eigenvalue weighted by Gasteiger charge is -2.24. The minimum absolute atomic E-state index is 0. The van der Waals surface area contributed by atoms with E-state index in [1.165, 1.54) is 24.8 Å². The van der Waals surface area contributed by atoms with Crippen LogP contribution in [0.5, 0.6) is 5.75 Å².